The number of imidazole rings is 1. The largest absolute Gasteiger partial charge is 0.478 e. The first-order chi connectivity index (χ1) is 25.2. The van der Waals surface area contributed by atoms with Crippen LogP contribution < -0.4 is 15.4 Å². The number of aryl methyl sites for hydroxylation is 1. The number of fused-ring (bicyclic) bond motifs is 1. The summed E-state index contributed by atoms with van der Waals surface area (Å²) in [6, 6.07) is 18.8. The minimum Gasteiger partial charge on any atom is -0.478 e. The van der Waals surface area contributed by atoms with Crippen molar-refractivity contribution >= 4 is 23.4 Å². The molecule has 1 aliphatic carbocycles. The first-order valence-electron chi connectivity index (χ1n) is 17.4. The monoisotopic (exact) mass is 706 g/mol. The van der Waals surface area contributed by atoms with Gasteiger partial charge in [-0.15, -0.1) is 0 Å². The lowest BCUT2D eigenvalue weighted by molar-refractivity contribution is 0.0342. The average molecular weight is 707 g/mol. The van der Waals surface area contributed by atoms with Crippen molar-refractivity contribution in [3.8, 4) is 22.8 Å². The summed E-state index contributed by atoms with van der Waals surface area (Å²) in [5.74, 6) is -2.10. The number of carbonyl (C=O) groups is 3. The number of aromatic nitrogens is 3. The van der Waals surface area contributed by atoms with Crippen molar-refractivity contribution in [3.05, 3.63) is 113 Å². The number of nitrogens with one attached hydrogen (secondary N) is 2. The standard InChI is InChI=1S/C39H39FN6O6/c1-24-4-2-7-35-44-34(23-46(24)35)37(48)43-30-11-9-29(10-12-30)42-36(47)33-20-28(40)21-41-38(33)52-31-6-3-5-25(19-31)32-13-8-26(39(49)50)18-27(32)22-45-14-16-51-17-15-45/h2-8,13,18-21,23,29-30H,9-12,14-17,22H2,1H3,(H,42,47)(H,43,48)(H,49,50)/t29-,30+. The summed E-state index contributed by atoms with van der Waals surface area (Å²) in [5, 5.41) is 15.7. The molecule has 0 unspecified atom stereocenters. The van der Waals surface area contributed by atoms with Crippen molar-refractivity contribution in [2.75, 3.05) is 26.3 Å². The molecular formula is C39H39FN6O6. The zero-order chi connectivity index (χ0) is 36.2. The molecule has 3 N–H and O–H groups in total. The molecule has 2 aliphatic rings. The lowest BCUT2D eigenvalue weighted by atomic mass is 9.91. The highest BCUT2D eigenvalue weighted by Gasteiger charge is 2.27. The predicted octanol–water partition coefficient (Wildman–Crippen LogP) is 5.64. The quantitative estimate of drug-likeness (QED) is 0.168. The number of nitrogens with zero attached hydrogens (tertiary/aromatic N) is 4. The minimum absolute atomic E-state index is 0.0400. The van der Waals surface area contributed by atoms with Crippen LogP contribution in [0, 0.1) is 12.7 Å². The Morgan fingerprint density at radius 3 is 2.40 bits per heavy atom. The van der Waals surface area contributed by atoms with Crippen LogP contribution in [0.4, 0.5) is 4.39 Å². The summed E-state index contributed by atoms with van der Waals surface area (Å²) in [4.78, 5) is 49.0. The number of benzene rings is 2. The lowest BCUT2D eigenvalue weighted by Gasteiger charge is -2.29. The van der Waals surface area contributed by atoms with E-state index in [1.807, 2.05) is 35.6 Å². The molecule has 2 amide bonds. The fourth-order valence-corrected chi connectivity index (χ4v) is 6.81. The molecule has 0 bridgehead atoms. The third kappa shape index (κ3) is 7.95. The molecule has 268 valence electrons. The van der Waals surface area contributed by atoms with E-state index in [2.05, 4.69) is 25.5 Å². The number of amides is 2. The Morgan fingerprint density at radius 2 is 1.67 bits per heavy atom. The van der Waals surface area contributed by atoms with Crippen LogP contribution in [0.15, 0.2) is 79.1 Å². The molecule has 5 aromatic rings. The summed E-state index contributed by atoms with van der Waals surface area (Å²) in [7, 11) is 0. The third-order valence-electron chi connectivity index (χ3n) is 9.60. The molecule has 12 nitrogen and oxygen atoms in total. The van der Waals surface area contributed by atoms with Gasteiger partial charge in [-0.25, -0.2) is 19.2 Å². The summed E-state index contributed by atoms with van der Waals surface area (Å²) in [6.45, 7) is 5.20. The highest BCUT2D eigenvalue weighted by atomic mass is 19.1. The molecule has 13 heteroatoms. The molecule has 1 saturated heterocycles. The van der Waals surface area contributed by atoms with Crippen LogP contribution in [0.1, 0.15) is 68.1 Å². The fraction of sp³-hybridized carbons (Fsp3) is 0.308. The van der Waals surface area contributed by atoms with Gasteiger partial charge in [-0.1, -0.05) is 24.3 Å². The zero-order valence-corrected chi connectivity index (χ0v) is 28.7. The summed E-state index contributed by atoms with van der Waals surface area (Å²) in [5.41, 5.74) is 4.67. The maximum atomic E-state index is 14.4. The van der Waals surface area contributed by atoms with Crippen molar-refractivity contribution in [1.29, 1.82) is 0 Å². The Balaban J connectivity index is 1.01. The number of carboxylic acid groups (broad SMARTS) is 1. The number of hydrogen-bond donors (Lipinski definition) is 3. The summed E-state index contributed by atoms with van der Waals surface area (Å²) >= 11 is 0. The molecule has 2 aromatic carbocycles. The van der Waals surface area contributed by atoms with E-state index in [9.17, 15) is 23.9 Å². The number of halogens is 1. The Morgan fingerprint density at radius 1 is 0.942 bits per heavy atom. The maximum Gasteiger partial charge on any atom is 0.335 e. The van der Waals surface area contributed by atoms with Crippen LogP contribution in [0.25, 0.3) is 16.8 Å². The molecule has 0 atom stereocenters. The van der Waals surface area contributed by atoms with E-state index < -0.39 is 17.7 Å². The van der Waals surface area contributed by atoms with Crippen molar-refractivity contribution in [1.82, 2.24) is 29.9 Å². The van der Waals surface area contributed by atoms with Gasteiger partial charge in [-0.3, -0.25) is 14.5 Å². The minimum atomic E-state index is -1.01. The van der Waals surface area contributed by atoms with Gasteiger partial charge in [0.2, 0.25) is 5.88 Å². The molecule has 0 spiro atoms. The number of carboxylic acids is 1. The number of rotatable bonds is 10. The van der Waals surface area contributed by atoms with Crippen LogP contribution in [0.3, 0.4) is 0 Å². The van der Waals surface area contributed by atoms with E-state index in [4.69, 9.17) is 9.47 Å². The van der Waals surface area contributed by atoms with E-state index in [0.717, 1.165) is 47.7 Å². The molecule has 7 rings (SSSR count). The lowest BCUT2D eigenvalue weighted by Crippen LogP contribution is -2.44. The summed E-state index contributed by atoms with van der Waals surface area (Å²) in [6.07, 6.45) is 5.28. The fourth-order valence-electron chi connectivity index (χ4n) is 6.81. The number of morpholine rings is 1. The predicted molar refractivity (Wildman–Crippen MR) is 190 cm³/mol. The van der Waals surface area contributed by atoms with Gasteiger partial charge >= 0.3 is 5.97 Å². The molecule has 1 aliphatic heterocycles. The number of pyridine rings is 2. The number of carbonyl (C=O) groups excluding carboxylic acids is 2. The Hall–Kier alpha value is -5.66. The van der Waals surface area contributed by atoms with Crippen molar-refractivity contribution < 1.29 is 33.4 Å². The first-order valence-corrected chi connectivity index (χ1v) is 17.4. The smallest absolute Gasteiger partial charge is 0.335 e. The van der Waals surface area contributed by atoms with Gasteiger partial charge < -0.3 is 29.6 Å². The second kappa shape index (κ2) is 15.3. The molecule has 1 saturated carbocycles. The topological polar surface area (TPSA) is 147 Å². The zero-order valence-electron chi connectivity index (χ0n) is 28.7. The number of aromatic carboxylic acids is 1. The highest BCUT2D eigenvalue weighted by Crippen LogP contribution is 2.32. The average Bonchev–Trinajstić information content (AvgIpc) is 3.60. The number of ether oxygens (including phenoxy) is 2. The van der Waals surface area contributed by atoms with Gasteiger partial charge in [0.15, 0.2) is 0 Å². The van der Waals surface area contributed by atoms with Crippen LogP contribution in [-0.2, 0) is 11.3 Å². The number of hydrogen-bond acceptors (Lipinski definition) is 8. The van der Waals surface area contributed by atoms with E-state index in [0.29, 0.717) is 62.5 Å². The molecule has 4 heterocycles. The first kappa shape index (κ1) is 34.8. The normalized spacial score (nSPS) is 17.8. The summed E-state index contributed by atoms with van der Waals surface area (Å²) < 4.78 is 27.9. The van der Waals surface area contributed by atoms with Crippen LogP contribution in [0.2, 0.25) is 0 Å². The van der Waals surface area contributed by atoms with Gasteiger partial charge in [-0.2, -0.15) is 0 Å². The van der Waals surface area contributed by atoms with Gasteiger partial charge in [0.1, 0.15) is 28.5 Å². The van der Waals surface area contributed by atoms with Crippen LogP contribution in [0.5, 0.6) is 11.6 Å². The van der Waals surface area contributed by atoms with E-state index in [-0.39, 0.29) is 35.0 Å². The van der Waals surface area contributed by atoms with E-state index in [1.165, 1.54) is 0 Å². The molecule has 52 heavy (non-hydrogen) atoms. The van der Waals surface area contributed by atoms with Gasteiger partial charge in [-0.05, 0) is 91.8 Å². The molecule has 2 fully saturated rings. The SMILES string of the molecule is Cc1cccc2nc(C(=O)N[C@H]3CC[C@@H](NC(=O)c4cc(F)cnc4Oc4cccc(-c5ccc(C(=O)O)cc5CN5CCOCC5)c4)CC3)cn12. The van der Waals surface area contributed by atoms with E-state index >= 15 is 0 Å². The Kier molecular flexibility index (Phi) is 10.2. The van der Waals surface area contributed by atoms with E-state index in [1.54, 1.807) is 42.6 Å². The van der Waals surface area contributed by atoms with Crippen molar-refractivity contribution in [2.45, 2.75) is 51.2 Å². The molecule has 3 aromatic heterocycles. The second-order valence-corrected chi connectivity index (χ2v) is 13.2. The molecule has 0 radical (unpaired) electrons. The Labute approximate surface area is 299 Å². The van der Waals surface area contributed by atoms with Gasteiger partial charge in [0, 0.05) is 43.6 Å². The van der Waals surface area contributed by atoms with Crippen LogP contribution in [-0.4, -0.2) is 80.5 Å². The third-order valence-corrected chi connectivity index (χ3v) is 9.60. The van der Waals surface area contributed by atoms with Crippen molar-refractivity contribution in [3.63, 3.8) is 0 Å². The molecular weight excluding hydrogens is 667 g/mol. The maximum absolute atomic E-state index is 14.4. The Bertz CT molecular complexity index is 2120. The van der Waals surface area contributed by atoms with Gasteiger partial charge in [0.25, 0.3) is 11.8 Å². The second-order valence-electron chi connectivity index (χ2n) is 13.2. The van der Waals surface area contributed by atoms with Crippen molar-refractivity contribution in [2.24, 2.45) is 0 Å². The van der Waals surface area contributed by atoms with Crippen LogP contribution >= 0.6 is 0 Å². The van der Waals surface area contributed by atoms with Gasteiger partial charge in [0.05, 0.1) is 25.0 Å². The highest BCUT2D eigenvalue weighted by molar-refractivity contribution is 5.96.